The van der Waals surface area contributed by atoms with Crippen LogP contribution in [0.4, 0.5) is 0 Å². The second-order valence-corrected chi connectivity index (χ2v) is 11.5. The van der Waals surface area contributed by atoms with Crippen LogP contribution in [0.5, 0.6) is 17.2 Å². The van der Waals surface area contributed by atoms with Gasteiger partial charge in [-0.2, -0.15) is 0 Å². The molecule has 5 aliphatic rings. The summed E-state index contributed by atoms with van der Waals surface area (Å²) in [6.07, 6.45) is 7.03. The third-order valence-corrected chi connectivity index (χ3v) is 8.27. The van der Waals surface area contributed by atoms with Crippen molar-refractivity contribution in [2.45, 2.75) is 63.6 Å². The van der Waals surface area contributed by atoms with E-state index in [-0.39, 0.29) is 30.4 Å². The third kappa shape index (κ3) is 6.69. The summed E-state index contributed by atoms with van der Waals surface area (Å²) in [5.41, 5.74) is 1.29. The van der Waals surface area contributed by atoms with Crippen molar-refractivity contribution in [1.29, 1.82) is 0 Å². The number of nitrogens with zero attached hydrogens (tertiary/aromatic N) is 1. The predicted octanol–water partition coefficient (Wildman–Crippen LogP) is 3.45. The van der Waals surface area contributed by atoms with Crippen molar-refractivity contribution in [2.75, 3.05) is 26.3 Å². The molecule has 0 spiro atoms. The number of rotatable bonds is 5. The van der Waals surface area contributed by atoms with Crippen LogP contribution in [0.2, 0.25) is 0 Å². The Balaban J connectivity index is 1.25. The van der Waals surface area contributed by atoms with Crippen LogP contribution in [-0.2, 0) is 16.1 Å². The van der Waals surface area contributed by atoms with Gasteiger partial charge in [-0.25, -0.2) is 0 Å². The highest BCUT2D eigenvalue weighted by Crippen LogP contribution is 2.32. The molecule has 2 aliphatic carbocycles. The number of benzene rings is 2. The molecule has 0 aromatic heterocycles. The lowest BCUT2D eigenvalue weighted by Gasteiger charge is -2.21. The number of ether oxygens (including phenoxy) is 3. The van der Waals surface area contributed by atoms with Crippen molar-refractivity contribution in [1.82, 2.24) is 15.5 Å². The fourth-order valence-electron chi connectivity index (χ4n) is 5.71. The van der Waals surface area contributed by atoms with Gasteiger partial charge in [-0.05, 0) is 67.3 Å². The summed E-state index contributed by atoms with van der Waals surface area (Å²) in [6, 6.07) is 12.1. The van der Waals surface area contributed by atoms with E-state index < -0.39 is 6.10 Å². The lowest BCUT2D eigenvalue weighted by atomic mass is 10.0. The van der Waals surface area contributed by atoms with Gasteiger partial charge >= 0.3 is 0 Å². The van der Waals surface area contributed by atoms with Crippen molar-refractivity contribution in [2.24, 2.45) is 11.8 Å². The van der Waals surface area contributed by atoms with Gasteiger partial charge in [-0.15, -0.1) is 0 Å². The van der Waals surface area contributed by atoms with Gasteiger partial charge in [-0.1, -0.05) is 25.0 Å². The van der Waals surface area contributed by atoms with E-state index >= 15 is 0 Å². The zero-order valence-corrected chi connectivity index (χ0v) is 22.7. The average Bonchev–Trinajstić information content (AvgIpc) is 3.50. The Labute approximate surface area is 234 Å². The molecule has 9 heteroatoms. The van der Waals surface area contributed by atoms with E-state index in [2.05, 4.69) is 10.6 Å². The minimum Gasteiger partial charge on any atom is -0.493 e. The molecule has 2 atom stereocenters. The summed E-state index contributed by atoms with van der Waals surface area (Å²) in [6.45, 7) is 1.55. The average molecular weight is 548 g/mol. The summed E-state index contributed by atoms with van der Waals surface area (Å²) < 4.78 is 18.1. The smallest absolute Gasteiger partial charge is 0.258 e. The molecule has 2 saturated carbocycles. The quantitative estimate of drug-likeness (QED) is 0.594. The third-order valence-electron chi connectivity index (χ3n) is 8.27. The van der Waals surface area contributed by atoms with Crippen LogP contribution < -0.4 is 24.8 Å². The first-order valence-electron chi connectivity index (χ1n) is 14.5. The number of amides is 3. The monoisotopic (exact) mass is 547 g/mol. The highest BCUT2D eigenvalue weighted by molar-refractivity contribution is 5.95. The first-order valence-corrected chi connectivity index (χ1v) is 14.5. The maximum Gasteiger partial charge on any atom is 0.258 e. The van der Waals surface area contributed by atoms with Gasteiger partial charge in [0.1, 0.15) is 23.4 Å². The van der Waals surface area contributed by atoms with Crippen LogP contribution in [0.3, 0.4) is 0 Å². The van der Waals surface area contributed by atoms with Crippen molar-refractivity contribution < 1.29 is 28.6 Å². The maximum absolute atomic E-state index is 13.6. The zero-order chi connectivity index (χ0) is 27.5. The zero-order valence-electron chi connectivity index (χ0n) is 22.7. The molecule has 3 amide bonds. The molecule has 40 heavy (non-hydrogen) atoms. The molecule has 2 N–H and O–H groups in total. The number of hydrogen-bond acceptors (Lipinski definition) is 6. The Bertz CT molecular complexity index is 1240. The molecule has 9 nitrogen and oxygen atoms in total. The van der Waals surface area contributed by atoms with E-state index in [4.69, 9.17) is 14.2 Å². The minimum absolute atomic E-state index is 0.122. The summed E-state index contributed by atoms with van der Waals surface area (Å²) >= 11 is 0. The Morgan fingerprint density at radius 2 is 1.75 bits per heavy atom. The molecule has 2 aromatic carbocycles. The highest BCUT2D eigenvalue weighted by Gasteiger charge is 2.38. The normalized spacial score (nSPS) is 23.4. The number of nitrogens with one attached hydrogen (secondary N) is 2. The van der Waals surface area contributed by atoms with Crippen LogP contribution in [0.1, 0.15) is 60.9 Å². The Hall–Kier alpha value is -3.75. The minimum atomic E-state index is -0.400. The topological polar surface area (TPSA) is 106 Å². The van der Waals surface area contributed by atoms with E-state index in [0.29, 0.717) is 67.3 Å². The Morgan fingerprint density at radius 3 is 2.52 bits per heavy atom. The molecule has 212 valence electrons. The summed E-state index contributed by atoms with van der Waals surface area (Å²) in [4.78, 5) is 41.0. The van der Waals surface area contributed by atoms with Gasteiger partial charge < -0.3 is 29.7 Å². The number of fused-ring (bicyclic) bond motifs is 7. The van der Waals surface area contributed by atoms with E-state index in [1.54, 1.807) is 18.2 Å². The van der Waals surface area contributed by atoms with Crippen molar-refractivity contribution in [3.05, 3.63) is 53.6 Å². The SMILES string of the molecule is O=C1COc2cc(OCC3CC3)cc(c2)C(=O)N[C@H]2CN(C(=O)CC3CCCC3)C[C@@H]2Oc2ccc(cc2)CN1. The summed E-state index contributed by atoms with van der Waals surface area (Å²) in [5, 5.41) is 5.97. The highest BCUT2D eigenvalue weighted by atomic mass is 16.5. The van der Waals surface area contributed by atoms with E-state index in [1.807, 2.05) is 29.2 Å². The molecule has 4 bridgehead atoms. The maximum atomic E-state index is 13.6. The molecular weight excluding hydrogens is 510 g/mol. The largest absolute Gasteiger partial charge is 0.493 e. The van der Waals surface area contributed by atoms with Gasteiger partial charge in [0.05, 0.1) is 19.2 Å². The van der Waals surface area contributed by atoms with Crippen LogP contribution in [0, 0.1) is 11.8 Å². The van der Waals surface area contributed by atoms with Gasteiger partial charge in [0.15, 0.2) is 6.61 Å². The van der Waals surface area contributed by atoms with E-state index in [0.717, 1.165) is 31.2 Å². The number of carbonyl (C=O) groups excluding carboxylic acids is 3. The molecule has 3 aliphatic heterocycles. The van der Waals surface area contributed by atoms with Gasteiger partial charge in [-0.3, -0.25) is 14.4 Å². The molecular formula is C31H37N3O6. The molecule has 0 unspecified atom stereocenters. The van der Waals surface area contributed by atoms with Crippen LogP contribution in [0.25, 0.3) is 0 Å². The first kappa shape index (κ1) is 26.5. The van der Waals surface area contributed by atoms with Crippen LogP contribution >= 0.6 is 0 Å². The molecule has 1 saturated heterocycles. The summed E-state index contributed by atoms with van der Waals surface area (Å²) in [7, 11) is 0. The summed E-state index contributed by atoms with van der Waals surface area (Å²) in [5.74, 6) is 2.09. The second kappa shape index (κ2) is 11.8. The molecule has 3 fully saturated rings. The van der Waals surface area contributed by atoms with Crippen molar-refractivity contribution in [3.63, 3.8) is 0 Å². The molecule has 3 heterocycles. The van der Waals surface area contributed by atoms with Crippen molar-refractivity contribution in [3.8, 4) is 17.2 Å². The van der Waals surface area contributed by atoms with Crippen molar-refractivity contribution >= 4 is 17.7 Å². The number of likely N-dealkylation sites (tertiary alicyclic amines) is 1. The van der Waals surface area contributed by atoms with Crippen LogP contribution in [-0.4, -0.2) is 61.1 Å². The second-order valence-electron chi connectivity index (χ2n) is 11.5. The van der Waals surface area contributed by atoms with Gasteiger partial charge in [0.2, 0.25) is 5.91 Å². The van der Waals surface area contributed by atoms with E-state index in [9.17, 15) is 14.4 Å². The first-order chi connectivity index (χ1) is 19.5. The Kier molecular flexibility index (Phi) is 7.80. The van der Waals surface area contributed by atoms with E-state index in [1.165, 1.54) is 12.8 Å². The fourth-order valence-corrected chi connectivity index (χ4v) is 5.71. The number of carbonyl (C=O) groups is 3. The molecule has 7 rings (SSSR count). The predicted molar refractivity (Wildman–Crippen MR) is 147 cm³/mol. The van der Waals surface area contributed by atoms with Gasteiger partial charge in [0.25, 0.3) is 11.8 Å². The molecule has 0 radical (unpaired) electrons. The fraction of sp³-hybridized carbons (Fsp3) is 0.516. The standard InChI is InChI=1S/C31H37N3O6/c35-29-19-39-26-13-23(12-25(14-26)38-18-22-5-6-22)31(37)33-27-16-34(30(36)11-20-3-1-2-4-20)17-28(27)40-24-9-7-21(8-10-24)15-32-29/h7-10,12-14,20,22,27-28H,1-6,11,15-19H2,(H,32,35)(H,33,37)/t27-,28-/m0/s1. The lowest BCUT2D eigenvalue weighted by molar-refractivity contribution is -0.131. The Morgan fingerprint density at radius 1 is 0.950 bits per heavy atom. The van der Waals surface area contributed by atoms with Gasteiger partial charge in [0, 0.05) is 31.1 Å². The molecule has 2 aromatic rings. The van der Waals surface area contributed by atoms with Crippen LogP contribution in [0.15, 0.2) is 42.5 Å². The lowest BCUT2D eigenvalue weighted by Crippen LogP contribution is -2.45. The number of hydrogen-bond donors (Lipinski definition) is 2.